The van der Waals surface area contributed by atoms with Crippen molar-refractivity contribution in [2.75, 3.05) is 18.4 Å². The van der Waals surface area contributed by atoms with Gasteiger partial charge in [-0.05, 0) is 26.7 Å². The van der Waals surface area contributed by atoms with Crippen LogP contribution in [0.4, 0.5) is 5.13 Å². The van der Waals surface area contributed by atoms with Gasteiger partial charge in [0.1, 0.15) is 11.9 Å². The van der Waals surface area contributed by atoms with E-state index < -0.39 is 10.0 Å². The number of aryl methyl sites for hydroxylation is 2. The van der Waals surface area contributed by atoms with Gasteiger partial charge < -0.3 is 10.1 Å². The molecule has 1 fully saturated rings. The van der Waals surface area contributed by atoms with E-state index in [4.69, 9.17) is 4.74 Å². The third kappa shape index (κ3) is 4.82. The van der Waals surface area contributed by atoms with Gasteiger partial charge in [0.2, 0.25) is 5.91 Å². The highest BCUT2D eigenvalue weighted by molar-refractivity contribution is 7.91. The van der Waals surface area contributed by atoms with Crippen molar-refractivity contribution in [3.05, 3.63) is 29.7 Å². The van der Waals surface area contributed by atoms with Crippen LogP contribution in [-0.4, -0.2) is 47.8 Å². The van der Waals surface area contributed by atoms with Crippen LogP contribution in [0.2, 0.25) is 0 Å². The summed E-state index contributed by atoms with van der Waals surface area (Å²) < 4.78 is 33.4. The maximum atomic E-state index is 12.9. The summed E-state index contributed by atoms with van der Waals surface area (Å²) in [6, 6.07) is 3.70. The maximum Gasteiger partial charge on any atom is 0.254 e. The van der Waals surface area contributed by atoms with Crippen molar-refractivity contribution >= 4 is 32.4 Å². The van der Waals surface area contributed by atoms with Gasteiger partial charge in [-0.1, -0.05) is 11.3 Å². The Hall–Kier alpha value is -2.04. The Balaban J connectivity index is 1.72. The molecule has 146 valence electrons. The Morgan fingerprint density at radius 2 is 2.04 bits per heavy atom. The summed E-state index contributed by atoms with van der Waals surface area (Å²) >= 11 is 0.949. The van der Waals surface area contributed by atoms with Crippen LogP contribution < -0.4 is 10.1 Å². The molecule has 10 heteroatoms. The monoisotopic (exact) mass is 410 g/mol. The van der Waals surface area contributed by atoms with E-state index in [2.05, 4.69) is 15.3 Å². The number of hydrogen-bond donors (Lipinski definition) is 1. The summed E-state index contributed by atoms with van der Waals surface area (Å²) in [6.45, 7) is 5.85. The number of anilines is 1. The molecule has 0 saturated carbocycles. The third-order valence-corrected chi connectivity index (χ3v) is 7.27. The molecule has 3 rings (SSSR count). The molecule has 0 aliphatic carbocycles. The van der Waals surface area contributed by atoms with Gasteiger partial charge in [-0.3, -0.25) is 9.78 Å². The molecule has 27 heavy (non-hydrogen) atoms. The minimum absolute atomic E-state index is 0.113. The van der Waals surface area contributed by atoms with Crippen molar-refractivity contribution in [3.63, 3.8) is 0 Å². The van der Waals surface area contributed by atoms with Gasteiger partial charge in [-0.25, -0.2) is 13.4 Å². The Labute approximate surface area is 162 Å². The molecule has 3 heterocycles. The number of aromatic nitrogens is 2. The Morgan fingerprint density at radius 3 is 2.70 bits per heavy atom. The van der Waals surface area contributed by atoms with Crippen LogP contribution in [0.1, 0.15) is 31.2 Å². The number of hydrogen-bond acceptors (Lipinski definition) is 7. The first kappa shape index (κ1) is 19.7. The van der Waals surface area contributed by atoms with Gasteiger partial charge in [0.15, 0.2) is 9.34 Å². The molecule has 1 aliphatic heterocycles. The number of carbonyl (C=O) groups excluding carboxylic acids is 1. The minimum Gasteiger partial charge on any atom is -0.489 e. The molecule has 1 amide bonds. The van der Waals surface area contributed by atoms with E-state index in [1.807, 2.05) is 26.0 Å². The normalized spacial score (nSPS) is 18.3. The van der Waals surface area contributed by atoms with E-state index in [-0.39, 0.29) is 27.9 Å². The molecule has 2 aromatic heterocycles. The number of thiazole rings is 1. The first-order valence-electron chi connectivity index (χ1n) is 8.59. The van der Waals surface area contributed by atoms with Gasteiger partial charge in [-0.2, -0.15) is 4.31 Å². The molecule has 0 bridgehead atoms. The van der Waals surface area contributed by atoms with Crippen LogP contribution in [0, 0.1) is 13.8 Å². The Bertz CT molecular complexity index is 922. The zero-order chi connectivity index (χ0) is 19.6. The predicted molar refractivity (Wildman–Crippen MR) is 103 cm³/mol. The third-order valence-electron chi connectivity index (χ3n) is 4.06. The lowest BCUT2D eigenvalue weighted by molar-refractivity contribution is -0.114. The highest BCUT2D eigenvalue weighted by Crippen LogP contribution is 2.29. The molecule has 0 aromatic carbocycles. The number of nitrogens with zero attached hydrogens (tertiary/aromatic N) is 3. The van der Waals surface area contributed by atoms with E-state index in [0.717, 1.165) is 29.1 Å². The minimum atomic E-state index is -3.67. The fourth-order valence-electron chi connectivity index (χ4n) is 2.99. The SMILES string of the molecule is CC(=O)Nc1ncc(S(=O)(=O)N2CCCC(Oc3cc(C)nc(C)c3)C2)s1. The summed E-state index contributed by atoms with van der Waals surface area (Å²) in [4.78, 5) is 19.4. The molecule has 1 unspecified atom stereocenters. The summed E-state index contributed by atoms with van der Waals surface area (Å²) in [7, 11) is -3.67. The molecule has 1 N–H and O–H groups in total. The number of sulfonamides is 1. The summed E-state index contributed by atoms with van der Waals surface area (Å²) in [5, 5.41) is 2.78. The molecule has 1 aliphatic rings. The number of pyridine rings is 1. The molecule has 0 radical (unpaired) electrons. The molecule has 0 spiro atoms. The second-order valence-electron chi connectivity index (χ2n) is 6.50. The van der Waals surface area contributed by atoms with Gasteiger partial charge in [0.05, 0.1) is 12.7 Å². The van der Waals surface area contributed by atoms with Crippen molar-refractivity contribution in [2.45, 2.75) is 43.9 Å². The quantitative estimate of drug-likeness (QED) is 0.812. The Morgan fingerprint density at radius 1 is 1.33 bits per heavy atom. The Kier molecular flexibility index (Phi) is 5.78. The van der Waals surface area contributed by atoms with E-state index in [1.54, 1.807) is 0 Å². The lowest BCUT2D eigenvalue weighted by Gasteiger charge is -2.31. The highest BCUT2D eigenvalue weighted by Gasteiger charge is 2.32. The molecular weight excluding hydrogens is 388 g/mol. The van der Waals surface area contributed by atoms with Crippen LogP contribution in [0.15, 0.2) is 22.5 Å². The van der Waals surface area contributed by atoms with Gasteiger partial charge in [-0.15, -0.1) is 0 Å². The second kappa shape index (κ2) is 7.91. The first-order valence-corrected chi connectivity index (χ1v) is 10.9. The van der Waals surface area contributed by atoms with Crippen LogP contribution >= 0.6 is 11.3 Å². The number of rotatable bonds is 5. The van der Waals surface area contributed by atoms with Crippen LogP contribution in [-0.2, 0) is 14.8 Å². The molecule has 1 saturated heterocycles. The largest absolute Gasteiger partial charge is 0.489 e. The van der Waals surface area contributed by atoms with Crippen molar-refractivity contribution in [2.24, 2.45) is 0 Å². The molecule has 8 nitrogen and oxygen atoms in total. The summed E-state index contributed by atoms with van der Waals surface area (Å²) in [5.41, 5.74) is 1.72. The van der Waals surface area contributed by atoms with E-state index in [1.165, 1.54) is 17.4 Å². The highest BCUT2D eigenvalue weighted by atomic mass is 32.2. The number of piperidine rings is 1. The van der Waals surface area contributed by atoms with Crippen molar-refractivity contribution in [1.82, 2.24) is 14.3 Å². The summed E-state index contributed by atoms with van der Waals surface area (Å²) in [6.07, 6.45) is 2.56. The van der Waals surface area contributed by atoms with Crippen LogP contribution in [0.3, 0.4) is 0 Å². The molecule has 2 aromatic rings. The topological polar surface area (TPSA) is 101 Å². The second-order valence-corrected chi connectivity index (χ2v) is 9.69. The number of nitrogens with one attached hydrogen (secondary N) is 1. The van der Waals surface area contributed by atoms with Crippen molar-refractivity contribution in [1.29, 1.82) is 0 Å². The van der Waals surface area contributed by atoms with Gasteiger partial charge in [0.25, 0.3) is 10.0 Å². The van der Waals surface area contributed by atoms with Crippen molar-refractivity contribution in [3.8, 4) is 5.75 Å². The lowest BCUT2D eigenvalue weighted by atomic mass is 10.1. The number of amides is 1. The number of carbonyl (C=O) groups is 1. The zero-order valence-electron chi connectivity index (χ0n) is 15.4. The standard InChI is InChI=1S/C17H22N4O4S2/c1-11-7-15(8-12(2)19-11)25-14-5-4-6-21(10-14)27(23,24)16-9-18-17(26-16)20-13(3)22/h7-9,14H,4-6,10H2,1-3H3,(H,18,20,22). The van der Waals surface area contributed by atoms with E-state index in [9.17, 15) is 13.2 Å². The van der Waals surface area contributed by atoms with Crippen LogP contribution in [0.25, 0.3) is 0 Å². The number of ether oxygens (including phenoxy) is 1. The predicted octanol–water partition coefficient (Wildman–Crippen LogP) is 2.35. The molecular formula is C17H22N4O4S2. The molecule has 1 atom stereocenters. The smallest absolute Gasteiger partial charge is 0.254 e. The van der Waals surface area contributed by atoms with E-state index >= 15 is 0 Å². The van der Waals surface area contributed by atoms with Crippen LogP contribution in [0.5, 0.6) is 5.75 Å². The van der Waals surface area contributed by atoms with Gasteiger partial charge >= 0.3 is 0 Å². The zero-order valence-corrected chi connectivity index (χ0v) is 17.1. The fourth-order valence-corrected chi connectivity index (χ4v) is 5.73. The lowest BCUT2D eigenvalue weighted by Crippen LogP contribution is -2.44. The van der Waals surface area contributed by atoms with Gasteiger partial charge in [0, 0.05) is 37.0 Å². The average molecular weight is 411 g/mol. The average Bonchev–Trinajstić information content (AvgIpc) is 3.02. The van der Waals surface area contributed by atoms with Crippen molar-refractivity contribution < 1.29 is 17.9 Å². The first-order chi connectivity index (χ1) is 12.7. The fraction of sp³-hybridized carbons (Fsp3) is 0.471. The maximum absolute atomic E-state index is 12.9. The van der Waals surface area contributed by atoms with E-state index in [0.29, 0.717) is 18.7 Å². The summed E-state index contributed by atoms with van der Waals surface area (Å²) in [5.74, 6) is 0.414.